The summed E-state index contributed by atoms with van der Waals surface area (Å²) in [6, 6.07) is 12.3. The van der Waals surface area contributed by atoms with Crippen molar-refractivity contribution >= 4 is 17.3 Å². The Bertz CT molecular complexity index is 769. The molecule has 0 aliphatic carbocycles. The molecule has 0 atom stereocenters. The summed E-state index contributed by atoms with van der Waals surface area (Å²) < 4.78 is 0. The van der Waals surface area contributed by atoms with Crippen LogP contribution in [0.2, 0.25) is 0 Å². The van der Waals surface area contributed by atoms with Gasteiger partial charge >= 0.3 is 0 Å². The van der Waals surface area contributed by atoms with Crippen LogP contribution in [0.15, 0.2) is 42.6 Å². The summed E-state index contributed by atoms with van der Waals surface area (Å²) in [6.07, 6.45) is 1.70. The van der Waals surface area contributed by atoms with E-state index >= 15 is 0 Å². The van der Waals surface area contributed by atoms with E-state index in [9.17, 15) is 4.79 Å². The molecule has 1 aromatic carbocycles. The second-order valence-corrected chi connectivity index (χ2v) is 7.28. The van der Waals surface area contributed by atoms with Gasteiger partial charge in [-0.05, 0) is 50.8 Å². The van der Waals surface area contributed by atoms with E-state index in [4.69, 9.17) is 0 Å². The SMILES string of the molecule is Cc1cccc(N2CCN(C(=O)c3cc(NCCN(C)C)ccn3)CC2)c1. The number of pyridine rings is 1. The van der Waals surface area contributed by atoms with E-state index in [1.165, 1.54) is 11.3 Å². The minimum Gasteiger partial charge on any atom is -0.384 e. The fraction of sp³-hybridized carbons (Fsp3) is 0.429. The largest absolute Gasteiger partial charge is 0.384 e. The number of nitrogens with zero attached hydrogens (tertiary/aromatic N) is 4. The van der Waals surface area contributed by atoms with Crippen molar-refractivity contribution in [2.45, 2.75) is 6.92 Å². The van der Waals surface area contributed by atoms with Crippen LogP contribution >= 0.6 is 0 Å². The number of benzene rings is 1. The van der Waals surface area contributed by atoms with Crippen LogP contribution in [0.1, 0.15) is 16.1 Å². The number of piperazine rings is 1. The molecule has 3 rings (SSSR count). The molecule has 1 aliphatic heterocycles. The summed E-state index contributed by atoms with van der Waals surface area (Å²) in [5.41, 5.74) is 3.93. The van der Waals surface area contributed by atoms with Crippen LogP contribution in [0.25, 0.3) is 0 Å². The summed E-state index contributed by atoms with van der Waals surface area (Å²) >= 11 is 0. The second-order valence-electron chi connectivity index (χ2n) is 7.28. The van der Waals surface area contributed by atoms with Gasteiger partial charge in [0.25, 0.3) is 5.91 Å². The molecule has 1 aliphatic rings. The molecule has 1 amide bonds. The minimum absolute atomic E-state index is 0.00940. The zero-order valence-corrected chi connectivity index (χ0v) is 16.5. The van der Waals surface area contributed by atoms with Crippen molar-refractivity contribution in [2.24, 2.45) is 0 Å². The van der Waals surface area contributed by atoms with E-state index in [1.54, 1.807) is 6.20 Å². The van der Waals surface area contributed by atoms with E-state index in [1.807, 2.05) is 31.1 Å². The first-order valence-electron chi connectivity index (χ1n) is 9.48. The van der Waals surface area contributed by atoms with Crippen LogP contribution in [-0.4, -0.2) is 74.1 Å². The van der Waals surface area contributed by atoms with E-state index in [-0.39, 0.29) is 5.91 Å². The predicted molar refractivity (Wildman–Crippen MR) is 111 cm³/mol. The first-order chi connectivity index (χ1) is 13.0. The number of nitrogens with one attached hydrogen (secondary N) is 1. The van der Waals surface area contributed by atoms with E-state index < -0.39 is 0 Å². The van der Waals surface area contributed by atoms with Gasteiger partial charge in [0.2, 0.25) is 0 Å². The van der Waals surface area contributed by atoms with Crippen LogP contribution < -0.4 is 10.2 Å². The zero-order valence-electron chi connectivity index (χ0n) is 16.5. The molecular formula is C21H29N5O. The summed E-state index contributed by atoms with van der Waals surface area (Å²) in [7, 11) is 4.08. The molecule has 1 saturated heterocycles. The molecule has 1 aromatic heterocycles. The van der Waals surface area contributed by atoms with Crippen LogP contribution in [-0.2, 0) is 0 Å². The topological polar surface area (TPSA) is 51.7 Å². The maximum atomic E-state index is 12.8. The van der Waals surface area contributed by atoms with Gasteiger partial charge in [-0.2, -0.15) is 0 Å². The highest BCUT2D eigenvalue weighted by Crippen LogP contribution is 2.19. The Morgan fingerprint density at radius 1 is 1.15 bits per heavy atom. The van der Waals surface area contributed by atoms with E-state index in [2.05, 4.69) is 51.3 Å². The van der Waals surface area contributed by atoms with Crippen LogP contribution in [0.5, 0.6) is 0 Å². The standard InChI is InChI=1S/C21H29N5O/c1-17-5-4-6-19(15-17)25-11-13-26(14-12-25)21(27)20-16-18(7-8-23-20)22-9-10-24(2)3/h4-8,15-16H,9-14H2,1-3H3,(H,22,23). The number of hydrogen-bond donors (Lipinski definition) is 1. The Morgan fingerprint density at radius 3 is 2.63 bits per heavy atom. The first kappa shape index (κ1) is 19.2. The van der Waals surface area contributed by atoms with Gasteiger partial charge in [-0.15, -0.1) is 0 Å². The Labute approximate surface area is 161 Å². The Morgan fingerprint density at radius 2 is 1.93 bits per heavy atom. The molecule has 27 heavy (non-hydrogen) atoms. The number of aromatic nitrogens is 1. The lowest BCUT2D eigenvalue weighted by Crippen LogP contribution is -2.49. The summed E-state index contributed by atoms with van der Waals surface area (Å²) in [5.74, 6) is 0.00940. The van der Waals surface area contributed by atoms with Gasteiger partial charge in [0.05, 0.1) is 0 Å². The van der Waals surface area contributed by atoms with Gasteiger partial charge in [-0.1, -0.05) is 12.1 Å². The third-order valence-corrected chi connectivity index (χ3v) is 4.80. The molecule has 144 valence electrons. The Hall–Kier alpha value is -2.60. The van der Waals surface area contributed by atoms with Crippen molar-refractivity contribution in [1.29, 1.82) is 0 Å². The maximum Gasteiger partial charge on any atom is 0.272 e. The van der Waals surface area contributed by atoms with Crippen molar-refractivity contribution < 1.29 is 4.79 Å². The molecule has 6 heteroatoms. The summed E-state index contributed by atoms with van der Waals surface area (Å²) in [5, 5.41) is 3.35. The number of carbonyl (C=O) groups is 1. The number of amides is 1. The molecule has 6 nitrogen and oxygen atoms in total. The lowest BCUT2D eigenvalue weighted by atomic mass is 10.2. The predicted octanol–water partition coefficient (Wildman–Crippen LogP) is 2.33. The Kier molecular flexibility index (Phi) is 6.29. The van der Waals surface area contributed by atoms with Gasteiger partial charge in [-0.3, -0.25) is 9.78 Å². The van der Waals surface area contributed by atoms with Crippen molar-refractivity contribution in [3.05, 3.63) is 53.9 Å². The lowest BCUT2D eigenvalue weighted by molar-refractivity contribution is 0.0741. The maximum absolute atomic E-state index is 12.8. The third kappa shape index (κ3) is 5.20. The molecule has 1 fully saturated rings. The van der Waals surface area contributed by atoms with Crippen LogP contribution in [0.4, 0.5) is 11.4 Å². The fourth-order valence-corrected chi connectivity index (χ4v) is 3.24. The number of anilines is 2. The highest BCUT2D eigenvalue weighted by atomic mass is 16.2. The van der Waals surface area contributed by atoms with Crippen LogP contribution in [0, 0.1) is 6.92 Å². The van der Waals surface area contributed by atoms with Gasteiger partial charge < -0.3 is 20.0 Å². The van der Waals surface area contributed by atoms with Crippen molar-refractivity contribution in [1.82, 2.24) is 14.8 Å². The Balaban J connectivity index is 1.57. The monoisotopic (exact) mass is 367 g/mol. The molecular weight excluding hydrogens is 338 g/mol. The van der Waals surface area contributed by atoms with Gasteiger partial charge in [-0.25, -0.2) is 0 Å². The summed E-state index contributed by atoms with van der Waals surface area (Å²) in [4.78, 5) is 23.5. The number of hydrogen-bond acceptors (Lipinski definition) is 5. The van der Waals surface area contributed by atoms with Crippen molar-refractivity contribution in [3.63, 3.8) is 0 Å². The average molecular weight is 367 g/mol. The molecule has 0 bridgehead atoms. The first-order valence-corrected chi connectivity index (χ1v) is 9.48. The summed E-state index contributed by atoms with van der Waals surface area (Å²) in [6.45, 7) is 6.99. The van der Waals surface area contributed by atoms with Crippen molar-refractivity contribution in [2.75, 3.05) is 63.6 Å². The molecule has 1 N–H and O–H groups in total. The van der Waals surface area contributed by atoms with Crippen LogP contribution in [0.3, 0.4) is 0 Å². The fourth-order valence-electron chi connectivity index (χ4n) is 3.24. The quantitative estimate of drug-likeness (QED) is 0.849. The molecule has 2 aromatic rings. The second kappa shape index (κ2) is 8.86. The highest BCUT2D eigenvalue weighted by Gasteiger charge is 2.23. The smallest absolute Gasteiger partial charge is 0.272 e. The molecule has 2 heterocycles. The molecule has 0 saturated carbocycles. The molecule has 0 unspecified atom stereocenters. The lowest BCUT2D eigenvalue weighted by Gasteiger charge is -2.36. The molecule has 0 radical (unpaired) electrons. The van der Waals surface area contributed by atoms with Gasteiger partial charge in [0.1, 0.15) is 5.69 Å². The van der Waals surface area contributed by atoms with E-state index in [0.717, 1.165) is 31.9 Å². The van der Waals surface area contributed by atoms with Crippen molar-refractivity contribution in [3.8, 4) is 0 Å². The van der Waals surface area contributed by atoms with Gasteiger partial charge in [0.15, 0.2) is 0 Å². The molecule has 0 spiro atoms. The van der Waals surface area contributed by atoms with Gasteiger partial charge in [0, 0.05) is 56.8 Å². The zero-order chi connectivity index (χ0) is 19.2. The average Bonchev–Trinajstić information content (AvgIpc) is 2.67. The third-order valence-electron chi connectivity index (χ3n) is 4.80. The number of rotatable bonds is 6. The highest BCUT2D eigenvalue weighted by molar-refractivity contribution is 5.93. The number of aryl methyl sites for hydroxylation is 1. The normalized spacial score (nSPS) is 14.5. The number of carbonyl (C=O) groups excluding carboxylic acids is 1. The minimum atomic E-state index is 0.00940. The van der Waals surface area contributed by atoms with E-state index in [0.29, 0.717) is 18.8 Å². The number of likely N-dealkylation sites (N-methyl/N-ethyl adjacent to an activating group) is 1.